The Labute approximate surface area is 128 Å². The molecule has 0 aliphatic rings. The number of carboxylic acids is 1. The van der Waals surface area contributed by atoms with Gasteiger partial charge in [-0.3, -0.25) is 4.98 Å². The molecule has 22 heavy (non-hydrogen) atoms. The lowest BCUT2D eigenvalue weighted by Gasteiger charge is -2.20. The molecule has 0 radical (unpaired) electrons. The summed E-state index contributed by atoms with van der Waals surface area (Å²) in [6.45, 7) is 2.02. The van der Waals surface area contributed by atoms with Crippen LogP contribution in [-0.2, 0) is 11.3 Å². The van der Waals surface area contributed by atoms with Gasteiger partial charge >= 0.3 is 12.0 Å². The fourth-order valence-corrected chi connectivity index (χ4v) is 2.11. The van der Waals surface area contributed by atoms with E-state index in [0.29, 0.717) is 13.0 Å². The Morgan fingerprint density at radius 1 is 1.27 bits per heavy atom. The number of pyridine rings is 1. The van der Waals surface area contributed by atoms with Crippen LogP contribution in [0.15, 0.2) is 36.4 Å². The van der Waals surface area contributed by atoms with Gasteiger partial charge in [-0.1, -0.05) is 31.2 Å². The average molecular weight is 301 g/mol. The number of carbonyl (C=O) groups excluding carboxylic acids is 1. The van der Waals surface area contributed by atoms with Crippen LogP contribution in [0.2, 0.25) is 0 Å². The van der Waals surface area contributed by atoms with Crippen molar-refractivity contribution in [3.05, 3.63) is 42.1 Å². The summed E-state index contributed by atoms with van der Waals surface area (Å²) in [6.07, 6.45) is 0.336. The molecule has 2 N–H and O–H groups in total. The number of para-hydroxylation sites is 1. The predicted octanol–water partition coefficient (Wildman–Crippen LogP) is 2.24. The lowest BCUT2D eigenvalue weighted by atomic mass is 10.2. The van der Waals surface area contributed by atoms with Gasteiger partial charge in [0.25, 0.3) is 0 Å². The number of benzene rings is 1. The van der Waals surface area contributed by atoms with Crippen molar-refractivity contribution in [1.29, 1.82) is 0 Å². The van der Waals surface area contributed by atoms with Crippen LogP contribution in [0, 0.1) is 0 Å². The molecule has 0 aliphatic heterocycles. The molecule has 1 aromatic heterocycles. The Morgan fingerprint density at radius 2 is 2.00 bits per heavy atom. The van der Waals surface area contributed by atoms with E-state index in [1.165, 1.54) is 4.90 Å². The molecule has 0 fully saturated rings. The first-order valence-electron chi connectivity index (χ1n) is 7.10. The summed E-state index contributed by atoms with van der Waals surface area (Å²) in [5.74, 6) is -1.03. The van der Waals surface area contributed by atoms with Crippen LogP contribution in [0.3, 0.4) is 0 Å². The smallest absolute Gasteiger partial charge is 0.326 e. The lowest BCUT2D eigenvalue weighted by molar-refractivity contribution is -0.139. The van der Waals surface area contributed by atoms with Crippen LogP contribution in [0.5, 0.6) is 0 Å². The SMILES string of the molecule is CC[C@H](NC(=O)N(C)Cc1ccc2ccccc2n1)C(=O)O. The molecule has 2 amide bonds. The van der Waals surface area contributed by atoms with Crippen LogP contribution in [0.25, 0.3) is 10.9 Å². The molecule has 1 heterocycles. The fraction of sp³-hybridized carbons (Fsp3) is 0.312. The summed E-state index contributed by atoms with van der Waals surface area (Å²) in [4.78, 5) is 28.9. The minimum Gasteiger partial charge on any atom is -0.480 e. The van der Waals surface area contributed by atoms with Crippen molar-refractivity contribution in [3.63, 3.8) is 0 Å². The minimum atomic E-state index is -1.03. The van der Waals surface area contributed by atoms with Crippen molar-refractivity contribution in [3.8, 4) is 0 Å². The van der Waals surface area contributed by atoms with Crippen molar-refractivity contribution >= 4 is 22.9 Å². The first kappa shape index (κ1) is 15.8. The number of nitrogens with one attached hydrogen (secondary N) is 1. The number of aromatic nitrogens is 1. The van der Waals surface area contributed by atoms with Crippen LogP contribution in [-0.4, -0.2) is 40.1 Å². The molecule has 2 rings (SSSR count). The Morgan fingerprint density at radius 3 is 2.68 bits per heavy atom. The molecular weight excluding hydrogens is 282 g/mol. The van der Waals surface area contributed by atoms with E-state index in [0.717, 1.165) is 16.6 Å². The zero-order valence-corrected chi connectivity index (χ0v) is 12.6. The highest BCUT2D eigenvalue weighted by Gasteiger charge is 2.19. The summed E-state index contributed by atoms with van der Waals surface area (Å²) in [7, 11) is 1.61. The molecule has 116 valence electrons. The number of urea groups is 1. The van der Waals surface area contributed by atoms with Gasteiger partial charge in [0.2, 0.25) is 0 Å². The third kappa shape index (κ3) is 3.72. The molecule has 0 spiro atoms. The quantitative estimate of drug-likeness (QED) is 0.887. The van der Waals surface area contributed by atoms with E-state index in [1.54, 1.807) is 14.0 Å². The van der Waals surface area contributed by atoms with Crippen molar-refractivity contribution in [2.75, 3.05) is 7.05 Å². The normalized spacial score (nSPS) is 11.9. The summed E-state index contributed by atoms with van der Waals surface area (Å²) in [6, 6.07) is 10.3. The summed E-state index contributed by atoms with van der Waals surface area (Å²) in [5.41, 5.74) is 1.62. The van der Waals surface area contributed by atoms with Crippen molar-refractivity contribution in [2.24, 2.45) is 0 Å². The van der Waals surface area contributed by atoms with E-state index in [4.69, 9.17) is 5.11 Å². The van der Waals surface area contributed by atoms with E-state index < -0.39 is 18.0 Å². The molecule has 0 unspecified atom stereocenters. The van der Waals surface area contributed by atoms with Crippen LogP contribution in [0.4, 0.5) is 4.79 Å². The van der Waals surface area contributed by atoms with Gasteiger partial charge in [-0.25, -0.2) is 9.59 Å². The Kier molecular flexibility index (Phi) is 4.93. The number of nitrogens with zero attached hydrogens (tertiary/aromatic N) is 2. The zero-order valence-electron chi connectivity index (χ0n) is 12.6. The topological polar surface area (TPSA) is 82.5 Å². The number of amides is 2. The van der Waals surface area contributed by atoms with Gasteiger partial charge in [0.05, 0.1) is 17.8 Å². The maximum Gasteiger partial charge on any atom is 0.326 e. The Hall–Kier alpha value is -2.63. The minimum absolute atomic E-state index is 0.312. The van der Waals surface area contributed by atoms with E-state index in [9.17, 15) is 9.59 Å². The molecule has 0 bridgehead atoms. The first-order chi connectivity index (χ1) is 10.5. The van der Waals surface area contributed by atoms with Gasteiger partial charge < -0.3 is 15.3 Å². The molecule has 2 aromatic rings. The highest BCUT2D eigenvalue weighted by Crippen LogP contribution is 2.12. The highest BCUT2D eigenvalue weighted by molar-refractivity contribution is 5.82. The lowest BCUT2D eigenvalue weighted by Crippen LogP contribution is -2.46. The van der Waals surface area contributed by atoms with Crippen LogP contribution < -0.4 is 5.32 Å². The van der Waals surface area contributed by atoms with Crippen LogP contribution >= 0.6 is 0 Å². The molecule has 1 atom stereocenters. The first-order valence-corrected chi connectivity index (χ1v) is 7.10. The number of carbonyl (C=O) groups is 2. The second kappa shape index (κ2) is 6.89. The van der Waals surface area contributed by atoms with E-state index in [2.05, 4.69) is 10.3 Å². The molecule has 6 nitrogen and oxygen atoms in total. The van der Waals surface area contributed by atoms with Gasteiger partial charge in [0, 0.05) is 12.4 Å². The zero-order chi connectivity index (χ0) is 16.1. The summed E-state index contributed by atoms with van der Waals surface area (Å²) >= 11 is 0. The number of aliphatic carboxylic acids is 1. The van der Waals surface area contributed by atoms with Crippen molar-refractivity contribution in [1.82, 2.24) is 15.2 Å². The monoisotopic (exact) mass is 301 g/mol. The van der Waals surface area contributed by atoms with Crippen molar-refractivity contribution in [2.45, 2.75) is 25.9 Å². The largest absolute Gasteiger partial charge is 0.480 e. The Balaban J connectivity index is 2.04. The summed E-state index contributed by atoms with van der Waals surface area (Å²) in [5, 5.41) is 12.5. The molecular formula is C16H19N3O3. The number of hydrogen-bond donors (Lipinski definition) is 2. The van der Waals surface area contributed by atoms with E-state index in [1.807, 2.05) is 36.4 Å². The molecule has 0 aliphatic carbocycles. The average Bonchev–Trinajstić information content (AvgIpc) is 2.51. The second-order valence-corrected chi connectivity index (χ2v) is 5.10. The van der Waals surface area contributed by atoms with Gasteiger partial charge in [-0.05, 0) is 18.6 Å². The maximum absolute atomic E-state index is 12.0. The van der Waals surface area contributed by atoms with Crippen molar-refractivity contribution < 1.29 is 14.7 Å². The third-order valence-corrected chi connectivity index (χ3v) is 3.41. The highest BCUT2D eigenvalue weighted by atomic mass is 16.4. The van der Waals surface area contributed by atoms with Crippen LogP contribution in [0.1, 0.15) is 19.0 Å². The fourth-order valence-electron chi connectivity index (χ4n) is 2.11. The molecule has 0 saturated heterocycles. The van der Waals surface area contributed by atoms with Gasteiger partial charge in [0.1, 0.15) is 6.04 Å². The number of fused-ring (bicyclic) bond motifs is 1. The van der Waals surface area contributed by atoms with Gasteiger partial charge in [-0.15, -0.1) is 0 Å². The molecule has 0 saturated carbocycles. The predicted molar refractivity (Wildman–Crippen MR) is 83.5 cm³/mol. The number of carboxylic acid groups (broad SMARTS) is 1. The molecule has 6 heteroatoms. The number of hydrogen-bond acceptors (Lipinski definition) is 3. The standard InChI is InChI=1S/C16H19N3O3/c1-3-13(15(20)21)18-16(22)19(2)10-12-9-8-11-6-4-5-7-14(11)17-12/h4-9,13H,3,10H2,1-2H3,(H,18,22)(H,20,21)/t13-/m0/s1. The molecule has 1 aromatic carbocycles. The number of rotatable bonds is 5. The summed E-state index contributed by atoms with van der Waals surface area (Å²) < 4.78 is 0. The third-order valence-electron chi connectivity index (χ3n) is 3.41. The van der Waals surface area contributed by atoms with E-state index >= 15 is 0 Å². The maximum atomic E-state index is 12.0. The van der Waals surface area contributed by atoms with E-state index in [-0.39, 0.29) is 0 Å². The van der Waals surface area contributed by atoms with Gasteiger partial charge in [0.15, 0.2) is 0 Å². The van der Waals surface area contributed by atoms with Gasteiger partial charge in [-0.2, -0.15) is 0 Å². The Bertz CT molecular complexity index is 687. The second-order valence-electron chi connectivity index (χ2n) is 5.10.